The molecule has 0 aromatic heterocycles. The molecule has 0 bridgehead atoms. The molecule has 3 N–H and O–H groups in total. The van der Waals surface area contributed by atoms with Gasteiger partial charge in [-0.15, -0.1) is 0 Å². The number of unbranched alkanes of at least 4 members (excludes halogenated alkanes) is 1. The van der Waals surface area contributed by atoms with E-state index in [1.807, 2.05) is 19.1 Å². The minimum absolute atomic E-state index is 0.0895. The van der Waals surface area contributed by atoms with E-state index in [0.29, 0.717) is 11.7 Å². The van der Waals surface area contributed by atoms with Crippen LogP contribution in [0.25, 0.3) is 0 Å². The molecule has 1 aromatic carbocycles. The molecule has 0 saturated heterocycles. The molecule has 0 saturated carbocycles. The van der Waals surface area contributed by atoms with Gasteiger partial charge in [-0.05, 0) is 42.0 Å². The first-order chi connectivity index (χ1) is 7.97. The molecule has 1 rings (SSSR count). The smallest absolute Gasteiger partial charge is 0.118 e. The molecule has 96 valence electrons. The Kier molecular flexibility index (Phi) is 5.01. The Morgan fingerprint density at radius 1 is 1.24 bits per heavy atom. The van der Waals surface area contributed by atoms with Crippen LogP contribution < -0.4 is 5.73 Å². The maximum Gasteiger partial charge on any atom is 0.118 e. The zero-order valence-electron chi connectivity index (χ0n) is 11.5. The van der Waals surface area contributed by atoms with Gasteiger partial charge in [0.05, 0.1) is 0 Å². The first-order valence-electron chi connectivity index (χ1n) is 6.56. The van der Waals surface area contributed by atoms with Crippen LogP contribution >= 0.6 is 0 Å². The second-order valence-electron chi connectivity index (χ2n) is 5.17. The molecular formula is C15H25NO. The van der Waals surface area contributed by atoms with E-state index in [-0.39, 0.29) is 6.04 Å². The zero-order valence-corrected chi connectivity index (χ0v) is 11.5. The molecule has 0 aliphatic carbocycles. The molecule has 0 aliphatic heterocycles. The fraction of sp³-hybridized carbons (Fsp3) is 0.600. The van der Waals surface area contributed by atoms with Crippen LogP contribution in [0.5, 0.6) is 5.75 Å². The van der Waals surface area contributed by atoms with Crippen molar-refractivity contribution in [1.82, 2.24) is 0 Å². The van der Waals surface area contributed by atoms with Gasteiger partial charge in [0.1, 0.15) is 5.75 Å². The monoisotopic (exact) mass is 235 g/mol. The van der Waals surface area contributed by atoms with Crippen LogP contribution in [-0.4, -0.2) is 5.11 Å². The number of aromatic hydroxyl groups is 1. The van der Waals surface area contributed by atoms with Crippen molar-refractivity contribution in [3.05, 3.63) is 28.8 Å². The fourth-order valence-corrected chi connectivity index (χ4v) is 2.14. The largest absolute Gasteiger partial charge is 0.508 e. The lowest BCUT2D eigenvalue weighted by molar-refractivity contribution is 0.468. The number of nitrogens with two attached hydrogens (primary N) is 1. The van der Waals surface area contributed by atoms with Gasteiger partial charge < -0.3 is 10.8 Å². The predicted molar refractivity (Wildman–Crippen MR) is 73.4 cm³/mol. The van der Waals surface area contributed by atoms with Gasteiger partial charge in [-0.25, -0.2) is 0 Å². The Morgan fingerprint density at radius 3 is 2.41 bits per heavy atom. The summed E-state index contributed by atoms with van der Waals surface area (Å²) in [7, 11) is 0. The van der Waals surface area contributed by atoms with Crippen LogP contribution in [0.3, 0.4) is 0 Å². The van der Waals surface area contributed by atoms with Crippen LogP contribution in [0, 0.1) is 6.92 Å². The second-order valence-corrected chi connectivity index (χ2v) is 5.17. The Bertz CT molecular complexity index is 371. The zero-order chi connectivity index (χ0) is 13.0. The normalized spacial score (nSPS) is 13.1. The number of hydrogen-bond acceptors (Lipinski definition) is 2. The standard InChI is InChI=1S/C15H25NO/c1-5-6-7-14(16)13-8-11(4)15(17)9-12(13)10(2)3/h8-10,14,17H,5-7,16H2,1-4H3. The minimum Gasteiger partial charge on any atom is -0.508 e. The van der Waals surface area contributed by atoms with Crippen molar-refractivity contribution in [2.24, 2.45) is 5.73 Å². The van der Waals surface area contributed by atoms with Crippen LogP contribution in [-0.2, 0) is 0 Å². The quantitative estimate of drug-likeness (QED) is 0.810. The van der Waals surface area contributed by atoms with Gasteiger partial charge in [-0.3, -0.25) is 0 Å². The summed E-state index contributed by atoms with van der Waals surface area (Å²) in [5.74, 6) is 0.768. The van der Waals surface area contributed by atoms with Crippen molar-refractivity contribution in [3.8, 4) is 5.75 Å². The predicted octanol–water partition coefficient (Wildman–Crippen LogP) is 4.01. The van der Waals surface area contributed by atoms with Gasteiger partial charge in [0.25, 0.3) is 0 Å². The van der Waals surface area contributed by atoms with Crippen LogP contribution in [0.4, 0.5) is 0 Å². The Hall–Kier alpha value is -1.02. The number of phenolic OH excluding ortho intramolecular Hbond substituents is 1. The highest BCUT2D eigenvalue weighted by Crippen LogP contribution is 2.31. The third kappa shape index (κ3) is 3.47. The van der Waals surface area contributed by atoms with Crippen LogP contribution in [0.1, 0.15) is 68.7 Å². The first-order valence-corrected chi connectivity index (χ1v) is 6.56. The van der Waals surface area contributed by atoms with E-state index < -0.39 is 0 Å². The van der Waals surface area contributed by atoms with E-state index in [4.69, 9.17) is 5.73 Å². The van der Waals surface area contributed by atoms with Crippen LogP contribution in [0.2, 0.25) is 0 Å². The summed E-state index contributed by atoms with van der Waals surface area (Å²) in [5, 5.41) is 9.79. The van der Waals surface area contributed by atoms with Crippen molar-refractivity contribution in [3.63, 3.8) is 0 Å². The van der Waals surface area contributed by atoms with Crippen molar-refractivity contribution in [2.45, 2.75) is 58.9 Å². The lowest BCUT2D eigenvalue weighted by Gasteiger charge is -2.20. The molecule has 0 spiro atoms. The molecule has 1 atom stereocenters. The summed E-state index contributed by atoms with van der Waals surface area (Å²) in [4.78, 5) is 0. The highest BCUT2D eigenvalue weighted by Gasteiger charge is 2.15. The van der Waals surface area contributed by atoms with Gasteiger partial charge in [0.15, 0.2) is 0 Å². The maximum absolute atomic E-state index is 9.79. The Balaban J connectivity index is 3.07. The maximum atomic E-state index is 9.79. The summed E-state index contributed by atoms with van der Waals surface area (Å²) in [6.07, 6.45) is 3.33. The van der Waals surface area contributed by atoms with Gasteiger partial charge in [0, 0.05) is 6.04 Å². The number of aryl methyl sites for hydroxylation is 1. The number of benzene rings is 1. The topological polar surface area (TPSA) is 46.2 Å². The number of hydrogen-bond donors (Lipinski definition) is 2. The van der Waals surface area contributed by atoms with Crippen LogP contribution in [0.15, 0.2) is 12.1 Å². The van der Waals surface area contributed by atoms with E-state index in [1.54, 1.807) is 0 Å². The molecule has 0 fully saturated rings. The van der Waals surface area contributed by atoms with E-state index in [2.05, 4.69) is 20.8 Å². The molecule has 1 aromatic rings. The third-order valence-electron chi connectivity index (χ3n) is 3.29. The third-order valence-corrected chi connectivity index (χ3v) is 3.29. The SMILES string of the molecule is CCCCC(N)c1cc(C)c(O)cc1C(C)C. The summed E-state index contributed by atoms with van der Waals surface area (Å²) in [6.45, 7) is 8.38. The molecule has 0 amide bonds. The Morgan fingerprint density at radius 2 is 1.88 bits per heavy atom. The molecule has 0 aliphatic rings. The van der Waals surface area contributed by atoms with Crippen molar-refractivity contribution in [2.75, 3.05) is 0 Å². The molecule has 0 radical (unpaired) electrons. The highest BCUT2D eigenvalue weighted by atomic mass is 16.3. The van der Waals surface area contributed by atoms with Gasteiger partial charge in [-0.2, -0.15) is 0 Å². The molecule has 17 heavy (non-hydrogen) atoms. The molecule has 1 unspecified atom stereocenters. The molecule has 2 heteroatoms. The summed E-state index contributed by atoms with van der Waals surface area (Å²) >= 11 is 0. The van der Waals surface area contributed by atoms with Crippen molar-refractivity contribution < 1.29 is 5.11 Å². The lowest BCUT2D eigenvalue weighted by atomic mass is 9.89. The average Bonchev–Trinajstić information content (AvgIpc) is 2.28. The van der Waals surface area contributed by atoms with Crippen molar-refractivity contribution in [1.29, 1.82) is 0 Å². The van der Waals surface area contributed by atoms with E-state index >= 15 is 0 Å². The molecular weight excluding hydrogens is 210 g/mol. The van der Waals surface area contributed by atoms with E-state index in [9.17, 15) is 5.11 Å². The number of phenols is 1. The summed E-state index contributed by atoms with van der Waals surface area (Å²) < 4.78 is 0. The molecule has 2 nitrogen and oxygen atoms in total. The van der Waals surface area contributed by atoms with Gasteiger partial charge in [0.2, 0.25) is 0 Å². The van der Waals surface area contributed by atoms with E-state index in [0.717, 1.165) is 18.4 Å². The lowest BCUT2D eigenvalue weighted by Crippen LogP contribution is -2.13. The summed E-state index contributed by atoms with van der Waals surface area (Å²) in [6, 6.07) is 4.01. The number of rotatable bonds is 5. The average molecular weight is 235 g/mol. The molecule has 0 heterocycles. The first kappa shape index (κ1) is 14.0. The minimum atomic E-state index is 0.0895. The Labute approximate surface area is 105 Å². The fourth-order valence-electron chi connectivity index (χ4n) is 2.14. The van der Waals surface area contributed by atoms with Gasteiger partial charge in [-0.1, -0.05) is 39.7 Å². The van der Waals surface area contributed by atoms with E-state index in [1.165, 1.54) is 17.5 Å². The second kappa shape index (κ2) is 6.06. The van der Waals surface area contributed by atoms with Crippen molar-refractivity contribution >= 4 is 0 Å². The summed E-state index contributed by atoms with van der Waals surface area (Å²) in [5.41, 5.74) is 9.55. The van der Waals surface area contributed by atoms with Gasteiger partial charge >= 0.3 is 0 Å². The highest BCUT2D eigenvalue weighted by molar-refractivity contribution is 5.43.